The molecule has 2 aromatic rings. The molecule has 2 N–H and O–H groups in total. The summed E-state index contributed by atoms with van der Waals surface area (Å²) in [5, 5.41) is 18.1. The van der Waals surface area contributed by atoms with Crippen LogP contribution in [-0.4, -0.2) is 27.8 Å². The molecule has 4 nitrogen and oxygen atoms in total. The average Bonchev–Trinajstić information content (AvgIpc) is 2.57. The van der Waals surface area contributed by atoms with Gasteiger partial charge in [-0.1, -0.05) is 0 Å². The van der Waals surface area contributed by atoms with Crippen LogP contribution in [0.5, 0.6) is 5.75 Å². The first-order valence-electron chi connectivity index (χ1n) is 5.31. The second-order valence-corrected chi connectivity index (χ2v) is 5.83. The van der Waals surface area contributed by atoms with E-state index in [1.807, 2.05) is 39.0 Å². The molecule has 0 aliphatic rings. The van der Waals surface area contributed by atoms with Crippen LogP contribution in [0.3, 0.4) is 0 Å². The van der Waals surface area contributed by atoms with Crippen molar-refractivity contribution in [2.24, 2.45) is 0 Å². The molecule has 0 saturated carbocycles. The van der Waals surface area contributed by atoms with Crippen LogP contribution in [0.15, 0.2) is 18.2 Å². The van der Waals surface area contributed by atoms with E-state index in [4.69, 9.17) is 14.8 Å². The highest BCUT2D eigenvalue weighted by Gasteiger charge is 2.18. The molecule has 0 aliphatic heterocycles. The van der Waals surface area contributed by atoms with Crippen LogP contribution in [0.4, 0.5) is 0 Å². The molecule has 1 aromatic heterocycles. The predicted octanol–water partition coefficient (Wildman–Crippen LogP) is 1.15. The molecule has 0 spiro atoms. The second-order valence-electron chi connectivity index (χ2n) is 4.77. The van der Waals surface area contributed by atoms with Gasteiger partial charge in [0, 0.05) is 6.07 Å². The van der Waals surface area contributed by atoms with E-state index in [9.17, 15) is 0 Å². The topological polar surface area (TPSA) is 62.6 Å². The highest BCUT2D eigenvalue weighted by molar-refractivity contribution is 7.27. The minimum absolute atomic E-state index is 0.261. The Morgan fingerprint density at radius 3 is 2.59 bits per heavy atom. The third-order valence-electron chi connectivity index (χ3n) is 2.02. The minimum Gasteiger partial charge on any atom is -0.488 e. The van der Waals surface area contributed by atoms with Crippen LogP contribution < -0.4 is 9.64 Å². The van der Waals surface area contributed by atoms with Gasteiger partial charge in [-0.15, -0.1) is 11.3 Å². The molecule has 6 heteroatoms. The molecule has 90 valence electrons. The van der Waals surface area contributed by atoms with Gasteiger partial charge in [0.15, 0.2) is 0 Å². The first kappa shape index (κ1) is 12.4. The summed E-state index contributed by atoms with van der Waals surface area (Å²) in [6, 6.07) is 5.54. The molecule has 0 fully saturated rings. The summed E-state index contributed by atoms with van der Waals surface area (Å²) in [6.45, 7) is 5.92. The van der Waals surface area contributed by atoms with E-state index in [0.717, 1.165) is 16.0 Å². The molecular weight excluding hydrogens is 237 g/mol. The molecule has 0 radical (unpaired) electrons. The molecule has 2 rings (SSSR count). The Hall–Kier alpha value is -1.11. The summed E-state index contributed by atoms with van der Waals surface area (Å²) in [5.74, 6) is 0.731. The predicted molar refractivity (Wildman–Crippen MR) is 69.8 cm³/mol. The van der Waals surface area contributed by atoms with Crippen molar-refractivity contribution in [3.63, 3.8) is 0 Å². The van der Waals surface area contributed by atoms with Crippen molar-refractivity contribution in [2.75, 3.05) is 0 Å². The molecule has 1 aromatic carbocycles. The van der Waals surface area contributed by atoms with Crippen molar-refractivity contribution in [3.05, 3.63) is 18.2 Å². The fourth-order valence-corrected chi connectivity index (χ4v) is 2.27. The van der Waals surface area contributed by atoms with Gasteiger partial charge in [0.2, 0.25) is 0 Å². The van der Waals surface area contributed by atoms with Crippen molar-refractivity contribution < 1.29 is 14.8 Å². The number of hydrogen-bond donors (Lipinski definition) is 2. The Morgan fingerprint density at radius 1 is 1.29 bits per heavy atom. The fourth-order valence-electron chi connectivity index (χ4n) is 1.45. The van der Waals surface area contributed by atoms with E-state index in [1.165, 1.54) is 11.3 Å². The van der Waals surface area contributed by atoms with Gasteiger partial charge in [0.25, 0.3) is 0 Å². The number of rotatable bonds is 2. The largest absolute Gasteiger partial charge is 0.519 e. The van der Waals surface area contributed by atoms with E-state index in [-0.39, 0.29) is 5.60 Å². The Bertz CT molecular complexity index is 533. The van der Waals surface area contributed by atoms with Crippen LogP contribution in [-0.2, 0) is 0 Å². The average molecular weight is 251 g/mol. The van der Waals surface area contributed by atoms with Gasteiger partial charge in [0.1, 0.15) is 16.3 Å². The first-order chi connectivity index (χ1) is 7.85. The molecule has 0 saturated heterocycles. The van der Waals surface area contributed by atoms with E-state index in [0.29, 0.717) is 4.91 Å². The van der Waals surface area contributed by atoms with Gasteiger partial charge in [0.05, 0.1) is 10.2 Å². The van der Waals surface area contributed by atoms with Crippen molar-refractivity contribution in [2.45, 2.75) is 26.4 Å². The number of fused-ring (bicyclic) bond motifs is 1. The van der Waals surface area contributed by atoms with Gasteiger partial charge in [-0.05, 0) is 32.9 Å². The van der Waals surface area contributed by atoms with E-state index in [1.54, 1.807) is 0 Å². The van der Waals surface area contributed by atoms with Gasteiger partial charge >= 0.3 is 7.12 Å². The van der Waals surface area contributed by atoms with Crippen LogP contribution in [0.2, 0.25) is 0 Å². The van der Waals surface area contributed by atoms with Crippen LogP contribution in [0.25, 0.3) is 10.2 Å². The van der Waals surface area contributed by atoms with Gasteiger partial charge in [-0.25, -0.2) is 4.98 Å². The number of aromatic nitrogens is 1. The lowest BCUT2D eigenvalue weighted by atomic mass is 9.94. The molecule has 0 atom stereocenters. The summed E-state index contributed by atoms with van der Waals surface area (Å²) < 4.78 is 6.63. The Kier molecular flexibility index (Phi) is 3.12. The third kappa shape index (κ3) is 2.97. The standard InChI is InChI=1S/C11H14BNO3S/c1-11(2,3)16-7-4-5-9-8(6-7)13-10(17-9)12(14)15/h4-6,14-15H,1-3H3. The number of benzene rings is 1. The molecule has 1 heterocycles. The number of thiazole rings is 1. The summed E-state index contributed by atoms with van der Waals surface area (Å²) in [4.78, 5) is 4.44. The normalized spacial score (nSPS) is 11.8. The number of ether oxygens (including phenoxy) is 1. The Labute approximate surface area is 104 Å². The number of hydrogen-bond acceptors (Lipinski definition) is 5. The summed E-state index contributed by atoms with van der Waals surface area (Å²) in [6.07, 6.45) is 0. The maximum Gasteiger partial charge on any atom is 0.519 e. The lowest BCUT2D eigenvalue weighted by molar-refractivity contribution is 0.131. The van der Waals surface area contributed by atoms with Crippen molar-refractivity contribution in [3.8, 4) is 5.75 Å². The molecule has 0 bridgehead atoms. The monoisotopic (exact) mass is 251 g/mol. The summed E-state index contributed by atoms with van der Waals surface area (Å²) in [5.41, 5.74) is 0.461. The second kappa shape index (κ2) is 4.29. The van der Waals surface area contributed by atoms with Crippen LogP contribution in [0, 0.1) is 0 Å². The summed E-state index contributed by atoms with van der Waals surface area (Å²) in [7, 11) is -1.51. The third-order valence-corrected chi connectivity index (χ3v) is 3.10. The highest BCUT2D eigenvalue weighted by atomic mass is 32.1. The zero-order valence-electron chi connectivity index (χ0n) is 9.97. The SMILES string of the molecule is CC(C)(C)Oc1ccc2sc(B(O)O)nc2c1. The van der Waals surface area contributed by atoms with Crippen molar-refractivity contribution in [1.82, 2.24) is 4.98 Å². The number of nitrogens with zero attached hydrogens (tertiary/aromatic N) is 1. The van der Waals surface area contributed by atoms with Crippen molar-refractivity contribution in [1.29, 1.82) is 0 Å². The zero-order chi connectivity index (χ0) is 12.6. The lowest BCUT2D eigenvalue weighted by Crippen LogP contribution is -2.28. The van der Waals surface area contributed by atoms with E-state index in [2.05, 4.69) is 4.98 Å². The zero-order valence-corrected chi connectivity index (χ0v) is 10.8. The fraction of sp³-hybridized carbons (Fsp3) is 0.364. The maximum absolute atomic E-state index is 9.05. The minimum atomic E-state index is -1.51. The molecule has 0 aliphatic carbocycles. The van der Waals surface area contributed by atoms with Crippen LogP contribution >= 0.6 is 11.3 Å². The molecule has 0 amide bonds. The van der Waals surface area contributed by atoms with Crippen LogP contribution in [0.1, 0.15) is 20.8 Å². The van der Waals surface area contributed by atoms with Gasteiger partial charge in [-0.3, -0.25) is 0 Å². The smallest absolute Gasteiger partial charge is 0.488 e. The summed E-state index contributed by atoms with van der Waals surface area (Å²) >= 11 is 1.27. The van der Waals surface area contributed by atoms with E-state index >= 15 is 0 Å². The van der Waals surface area contributed by atoms with Gasteiger partial charge < -0.3 is 14.8 Å². The molecule has 0 unspecified atom stereocenters. The van der Waals surface area contributed by atoms with E-state index < -0.39 is 7.12 Å². The van der Waals surface area contributed by atoms with Gasteiger partial charge in [-0.2, -0.15) is 0 Å². The maximum atomic E-state index is 9.05. The Balaban J connectivity index is 2.37. The highest BCUT2D eigenvalue weighted by Crippen LogP contribution is 2.24. The lowest BCUT2D eigenvalue weighted by Gasteiger charge is -2.21. The first-order valence-corrected chi connectivity index (χ1v) is 6.12. The van der Waals surface area contributed by atoms with Crippen molar-refractivity contribution >= 4 is 33.6 Å². The quantitative estimate of drug-likeness (QED) is 0.786. The molecule has 17 heavy (non-hydrogen) atoms. The molecular formula is C11H14BNO3S. The Morgan fingerprint density at radius 2 is 2.00 bits per heavy atom.